The van der Waals surface area contributed by atoms with Crippen LogP contribution in [0.3, 0.4) is 0 Å². The number of rotatable bonds is 9. The van der Waals surface area contributed by atoms with E-state index in [-0.39, 0.29) is 6.04 Å². The van der Waals surface area contributed by atoms with Crippen LogP contribution in [0.15, 0.2) is 29.2 Å². The molecule has 0 saturated heterocycles. The largest absolute Gasteiger partial charge is 0.310 e. The van der Waals surface area contributed by atoms with Crippen LogP contribution in [0.5, 0.6) is 0 Å². The van der Waals surface area contributed by atoms with Gasteiger partial charge in [-0.15, -0.1) is 0 Å². The first-order valence-electron chi connectivity index (χ1n) is 7.73. The zero-order valence-corrected chi connectivity index (χ0v) is 14.4. The predicted octanol–water partition coefficient (Wildman–Crippen LogP) is 3.17. The van der Waals surface area contributed by atoms with Crippen molar-refractivity contribution < 1.29 is 8.42 Å². The second-order valence-corrected chi connectivity index (χ2v) is 7.43. The fourth-order valence-electron chi connectivity index (χ4n) is 2.24. The zero-order valence-electron chi connectivity index (χ0n) is 13.6. The minimum Gasteiger partial charge on any atom is -0.310 e. The van der Waals surface area contributed by atoms with Crippen molar-refractivity contribution in [3.63, 3.8) is 0 Å². The molecule has 0 aliphatic carbocycles. The van der Waals surface area contributed by atoms with Crippen molar-refractivity contribution in [1.82, 2.24) is 9.62 Å². The molecule has 0 radical (unpaired) electrons. The van der Waals surface area contributed by atoms with Gasteiger partial charge < -0.3 is 5.32 Å². The molecule has 0 aromatic heterocycles. The highest BCUT2D eigenvalue weighted by Crippen LogP contribution is 2.19. The van der Waals surface area contributed by atoms with Gasteiger partial charge in [-0.1, -0.05) is 38.8 Å². The third kappa shape index (κ3) is 5.09. The first-order valence-corrected chi connectivity index (χ1v) is 9.17. The summed E-state index contributed by atoms with van der Waals surface area (Å²) >= 11 is 0. The number of benzene rings is 1. The van der Waals surface area contributed by atoms with Crippen LogP contribution in [0.4, 0.5) is 0 Å². The van der Waals surface area contributed by atoms with E-state index in [1.54, 1.807) is 19.2 Å². The second kappa shape index (κ2) is 8.51. The van der Waals surface area contributed by atoms with Crippen LogP contribution >= 0.6 is 0 Å². The molecule has 120 valence electrons. The Morgan fingerprint density at radius 3 is 2.29 bits per heavy atom. The highest BCUT2D eigenvalue weighted by molar-refractivity contribution is 7.89. The van der Waals surface area contributed by atoms with Crippen LogP contribution in [0, 0.1) is 0 Å². The number of nitrogens with one attached hydrogen (secondary N) is 1. The lowest BCUT2D eigenvalue weighted by Gasteiger charge is -2.18. The van der Waals surface area contributed by atoms with Crippen LogP contribution in [0.25, 0.3) is 0 Å². The van der Waals surface area contributed by atoms with Gasteiger partial charge in [-0.3, -0.25) is 0 Å². The summed E-state index contributed by atoms with van der Waals surface area (Å²) < 4.78 is 26.3. The highest BCUT2D eigenvalue weighted by Gasteiger charge is 2.20. The molecule has 4 nitrogen and oxygen atoms in total. The van der Waals surface area contributed by atoms with Crippen LogP contribution < -0.4 is 5.32 Å². The van der Waals surface area contributed by atoms with Gasteiger partial charge in [0.05, 0.1) is 4.90 Å². The molecule has 0 fully saturated rings. The highest BCUT2D eigenvalue weighted by atomic mass is 32.2. The van der Waals surface area contributed by atoms with Crippen molar-refractivity contribution >= 4 is 10.0 Å². The summed E-state index contributed by atoms with van der Waals surface area (Å²) in [5.41, 5.74) is 1.10. The molecule has 0 bridgehead atoms. The molecule has 1 unspecified atom stereocenters. The van der Waals surface area contributed by atoms with Crippen molar-refractivity contribution in [3.8, 4) is 0 Å². The van der Waals surface area contributed by atoms with E-state index >= 15 is 0 Å². The Bertz CT molecular complexity index is 512. The van der Waals surface area contributed by atoms with Gasteiger partial charge in [0.2, 0.25) is 10.0 Å². The smallest absolute Gasteiger partial charge is 0.242 e. The quantitative estimate of drug-likeness (QED) is 0.713. The van der Waals surface area contributed by atoms with E-state index in [1.165, 1.54) is 4.31 Å². The minimum absolute atomic E-state index is 0.231. The van der Waals surface area contributed by atoms with Gasteiger partial charge in [-0.2, -0.15) is 0 Å². The van der Waals surface area contributed by atoms with Gasteiger partial charge in [0, 0.05) is 19.6 Å². The molecule has 1 rings (SSSR count). The molecule has 1 aromatic rings. The van der Waals surface area contributed by atoms with Crippen molar-refractivity contribution in [3.05, 3.63) is 29.8 Å². The van der Waals surface area contributed by atoms with Crippen LogP contribution in [0.1, 0.15) is 51.6 Å². The molecule has 0 saturated carbocycles. The molecular formula is C16H28N2O2S. The molecule has 1 N–H and O–H groups in total. The SMILES string of the molecule is CCCCCN(C)S(=O)(=O)c1ccc(C(C)NCC)cc1. The first kappa shape index (κ1) is 18.1. The van der Waals surface area contributed by atoms with E-state index in [0.717, 1.165) is 31.4 Å². The minimum atomic E-state index is -3.36. The zero-order chi connectivity index (χ0) is 15.9. The van der Waals surface area contributed by atoms with E-state index in [9.17, 15) is 8.42 Å². The Morgan fingerprint density at radius 2 is 1.76 bits per heavy atom. The van der Waals surface area contributed by atoms with Gasteiger partial charge in [0.1, 0.15) is 0 Å². The Balaban J connectivity index is 2.79. The fourth-order valence-corrected chi connectivity index (χ4v) is 3.45. The average Bonchev–Trinajstić information content (AvgIpc) is 2.47. The molecule has 5 heteroatoms. The topological polar surface area (TPSA) is 49.4 Å². The summed E-state index contributed by atoms with van der Waals surface area (Å²) in [4.78, 5) is 0.369. The van der Waals surface area contributed by atoms with Gasteiger partial charge in [-0.05, 0) is 37.6 Å². The Hall–Kier alpha value is -0.910. The monoisotopic (exact) mass is 312 g/mol. The first-order chi connectivity index (χ1) is 9.93. The van der Waals surface area contributed by atoms with Crippen molar-refractivity contribution in [2.75, 3.05) is 20.1 Å². The van der Waals surface area contributed by atoms with Gasteiger partial charge in [-0.25, -0.2) is 12.7 Å². The molecule has 21 heavy (non-hydrogen) atoms. The number of sulfonamides is 1. The van der Waals surface area contributed by atoms with Crippen molar-refractivity contribution in [2.45, 2.75) is 51.0 Å². The van der Waals surface area contributed by atoms with Crippen LogP contribution in [-0.4, -0.2) is 32.9 Å². The molecule has 0 spiro atoms. The molecular weight excluding hydrogens is 284 g/mol. The fraction of sp³-hybridized carbons (Fsp3) is 0.625. The van der Waals surface area contributed by atoms with Crippen molar-refractivity contribution in [1.29, 1.82) is 0 Å². The van der Waals surface area contributed by atoms with E-state index in [2.05, 4.69) is 26.1 Å². The lowest BCUT2D eigenvalue weighted by Crippen LogP contribution is -2.28. The number of hydrogen-bond acceptors (Lipinski definition) is 3. The molecule has 1 aromatic carbocycles. The molecule has 0 heterocycles. The van der Waals surface area contributed by atoms with Crippen molar-refractivity contribution in [2.24, 2.45) is 0 Å². The van der Waals surface area contributed by atoms with Crippen LogP contribution in [-0.2, 0) is 10.0 Å². The summed E-state index contributed by atoms with van der Waals surface area (Å²) in [6.45, 7) is 7.70. The summed E-state index contributed by atoms with van der Waals surface area (Å²) in [5.74, 6) is 0. The number of nitrogens with zero attached hydrogens (tertiary/aromatic N) is 1. The predicted molar refractivity (Wildman–Crippen MR) is 87.9 cm³/mol. The summed E-state index contributed by atoms with van der Waals surface area (Å²) in [6.07, 6.45) is 3.05. The summed E-state index contributed by atoms with van der Waals surface area (Å²) in [5, 5.41) is 3.32. The molecule has 0 amide bonds. The van der Waals surface area contributed by atoms with E-state index in [4.69, 9.17) is 0 Å². The molecule has 1 atom stereocenters. The Morgan fingerprint density at radius 1 is 1.14 bits per heavy atom. The van der Waals surface area contributed by atoms with Gasteiger partial charge in [0.15, 0.2) is 0 Å². The van der Waals surface area contributed by atoms with Crippen LogP contribution in [0.2, 0.25) is 0 Å². The second-order valence-electron chi connectivity index (χ2n) is 5.38. The maximum absolute atomic E-state index is 12.4. The third-order valence-electron chi connectivity index (χ3n) is 3.68. The summed E-state index contributed by atoms with van der Waals surface area (Å²) in [7, 11) is -1.71. The number of hydrogen-bond donors (Lipinski definition) is 1. The molecule has 0 aliphatic rings. The lowest BCUT2D eigenvalue weighted by molar-refractivity contribution is 0.454. The van der Waals surface area contributed by atoms with Gasteiger partial charge in [0.25, 0.3) is 0 Å². The Labute approximate surface area is 129 Å². The lowest BCUT2D eigenvalue weighted by atomic mass is 10.1. The average molecular weight is 312 g/mol. The van der Waals surface area contributed by atoms with E-state index < -0.39 is 10.0 Å². The normalized spacial score (nSPS) is 13.6. The summed E-state index contributed by atoms with van der Waals surface area (Å²) in [6, 6.07) is 7.41. The maximum Gasteiger partial charge on any atom is 0.242 e. The van der Waals surface area contributed by atoms with E-state index in [0.29, 0.717) is 11.4 Å². The van der Waals surface area contributed by atoms with E-state index in [1.807, 2.05) is 12.1 Å². The van der Waals surface area contributed by atoms with Gasteiger partial charge >= 0.3 is 0 Å². The molecule has 0 aliphatic heterocycles. The third-order valence-corrected chi connectivity index (χ3v) is 5.55. The number of unbranched alkanes of at least 4 members (excludes halogenated alkanes) is 2. The maximum atomic E-state index is 12.4. The Kier molecular flexibility index (Phi) is 7.35. The standard InChI is InChI=1S/C16H28N2O2S/c1-5-7-8-13-18(4)21(19,20)16-11-9-15(10-12-16)14(3)17-6-2/h9-12,14,17H,5-8,13H2,1-4H3.